The fraction of sp³-hybridized carbons (Fsp3) is 0.533. The number of ether oxygens (including phenoxy) is 1. The molecule has 1 aliphatic heterocycles. The number of nitrogens with one attached hydrogen (secondary N) is 1. The minimum absolute atomic E-state index is 0.0275. The number of hydrogen-bond donors (Lipinski definition) is 1. The molecule has 0 aromatic heterocycles. The van der Waals surface area contributed by atoms with E-state index in [0.717, 1.165) is 12.8 Å². The molecule has 1 fully saturated rings. The molecule has 1 N–H and O–H groups in total. The lowest BCUT2D eigenvalue weighted by Crippen LogP contribution is -2.45. The number of carbonyl (C=O) groups is 1. The number of hydrogen-bond acceptors (Lipinski definition) is 3. The van der Waals surface area contributed by atoms with Crippen LogP contribution < -0.4 is 5.32 Å². The van der Waals surface area contributed by atoms with Crippen molar-refractivity contribution >= 4 is 17.5 Å². The van der Waals surface area contributed by atoms with Crippen LogP contribution in [0, 0.1) is 5.82 Å². The van der Waals surface area contributed by atoms with Crippen LogP contribution in [0.25, 0.3) is 0 Å². The molecule has 1 aromatic rings. The molecule has 0 bridgehead atoms. The Kier molecular flexibility index (Phi) is 5.96. The summed E-state index contributed by atoms with van der Waals surface area (Å²) in [6.45, 7) is 2.03. The van der Waals surface area contributed by atoms with E-state index in [-0.39, 0.29) is 18.3 Å². The van der Waals surface area contributed by atoms with Gasteiger partial charge in [-0.1, -0.05) is 17.7 Å². The van der Waals surface area contributed by atoms with Crippen LogP contribution >= 0.6 is 11.6 Å². The molecule has 1 heterocycles. The van der Waals surface area contributed by atoms with Crippen LogP contribution in [0.2, 0.25) is 5.02 Å². The maximum absolute atomic E-state index is 13.7. The highest BCUT2D eigenvalue weighted by molar-refractivity contribution is 6.30. The van der Waals surface area contributed by atoms with Crippen molar-refractivity contribution in [1.29, 1.82) is 0 Å². The number of methoxy groups -OCH3 is 1. The van der Waals surface area contributed by atoms with Gasteiger partial charge in [0.15, 0.2) is 0 Å². The summed E-state index contributed by atoms with van der Waals surface area (Å²) in [5.41, 5.74) is 0.609. The van der Waals surface area contributed by atoms with Crippen LogP contribution in [0.1, 0.15) is 18.4 Å². The molecular weight excluding hydrogens is 295 g/mol. The molecule has 6 heteroatoms. The number of benzene rings is 1. The molecule has 0 saturated carbocycles. The Morgan fingerprint density at radius 3 is 2.81 bits per heavy atom. The summed E-state index contributed by atoms with van der Waals surface area (Å²) in [7, 11) is 1.52. The van der Waals surface area contributed by atoms with Crippen molar-refractivity contribution in [3.05, 3.63) is 34.6 Å². The monoisotopic (exact) mass is 314 g/mol. The molecule has 0 radical (unpaired) electrons. The van der Waals surface area contributed by atoms with Crippen LogP contribution in [-0.4, -0.2) is 43.7 Å². The molecule has 2 rings (SSSR count). The fourth-order valence-corrected chi connectivity index (χ4v) is 2.63. The summed E-state index contributed by atoms with van der Waals surface area (Å²) in [4.78, 5) is 13.5. The van der Waals surface area contributed by atoms with E-state index in [4.69, 9.17) is 16.3 Å². The van der Waals surface area contributed by atoms with Gasteiger partial charge >= 0.3 is 0 Å². The van der Waals surface area contributed by atoms with Crippen molar-refractivity contribution in [3.8, 4) is 0 Å². The maximum Gasteiger partial charge on any atom is 0.248 e. The Bertz CT molecular complexity index is 491. The lowest BCUT2D eigenvalue weighted by atomic mass is 10.0. The highest BCUT2D eigenvalue weighted by atomic mass is 35.5. The topological polar surface area (TPSA) is 41.6 Å². The Labute approximate surface area is 129 Å². The number of rotatable bonds is 5. The minimum Gasteiger partial charge on any atom is -0.375 e. The average molecular weight is 315 g/mol. The number of amides is 1. The summed E-state index contributed by atoms with van der Waals surface area (Å²) in [5.74, 6) is -0.262. The molecule has 0 aliphatic carbocycles. The molecule has 21 heavy (non-hydrogen) atoms. The Morgan fingerprint density at radius 1 is 1.48 bits per heavy atom. The molecule has 1 amide bonds. The lowest BCUT2D eigenvalue weighted by molar-refractivity contribution is -0.136. The predicted molar refractivity (Wildman–Crippen MR) is 79.7 cm³/mol. The first-order chi connectivity index (χ1) is 10.1. The van der Waals surface area contributed by atoms with Gasteiger partial charge in [-0.15, -0.1) is 0 Å². The fourth-order valence-electron chi connectivity index (χ4n) is 2.47. The van der Waals surface area contributed by atoms with Gasteiger partial charge in [0.2, 0.25) is 5.91 Å². The van der Waals surface area contributed by atoms with Gasteiger partial charge in [-0.3, -0.25) is 4.79 Å². The Morgan fingerprint density at radius 2 is 2.19 bits per heavy atom. The largest absolute Gasteiger partial charge is 0.375 e. The number of piperidine rings is 1. The maximum atomic E-state index is 13.7. The van der Waals surface area contributed by atoms with Crippen LogP contribution in [0.3, 0.4) is 0 Å². The first-order valence-electron chi connectivity index (χ1n) is 7.04. The van der Waals surface area contributed by atoms with Gasteiger partial charge in [-0.25, -0.2) is 4.39 Å². The van der Waals surface area contributed by atoms with Gasteiger partial charge in [-0.05, 0) is 25.0 Å². The second-order valence-electron chi connectivity index (χ2n) is 5.20. The van der Waals surface area contributed by atoms with Gasteiger partial charge in [0.1, 0.15) is 12.4 Å². The van der Waals surface area contributed by atoms with Gasteiger partial charge in [0, 0.05) is 43.4 Å². The summed E-state index contributed by atoms with van der Waals surface area (Å²) >= 11 is 5.73. The number of halogens is 2. The molecule has 1 saturated heterocycles. The van der Waals surface area contributed by atoms with Crippen molar-refractivity contribution in [2.45, 2.75) is 25.4 Å². The van der Waals surface area contributed by atoms with Crippen LogP contribution in [0.15, 0.2) is 18.2 Å². The smallest absolute Gasteiger partial charge is 0.248 e. The van der Waals surface area contributed by atoms with E-state index in [9.17, 15) is 9.18 Å². The van der Waals surface area contributed by atoms with E-state index in [1.54, 1.807) is 12.1 Å². The first-order valence-corrected chi connectivity index (χ1v) is 7.42. The second kappa shape index (κ2) is 7.73. The third-order valence-corrected chi connectivity index (χ3v) is 3.95. The van der Waals surface area contributed by atoms with Gasteiger partial charge in [0.05, 0.1) is 0 Å². The van der Waals surface area contributed by atoms with E-state index in [1.165, 1.54) is 13.2 Å². The van der Waals surface area contributed by atoms with E-state index in [0.29, 0.717) is 36.3 Å². The van der Waals surface area contributed by atoms with E-state index in [1.807, 2.05) is 4.90 Å². The first kappa shape index (κ1) is 16.2. The van der Waals surface area contributed by atoms with Gasteiger partial charge in [-0.2, -0.15) is 0 Å². The molecular formula is C15H20ClFN2O2. The molecule has 0 unspecified atom stereocenters. The van der Waals surface area contributed by atoms with Crippen LogP contribution in [0.5, 0.6) is 0 Å². The summed E-state index contributed by atoms with van der Waals surface area (Å²) in [6, 6.07) is 5.01. The quantitative estimate of drug-likeness (QED) is 0.906. The Balaban J connectivity index is 1.77. The second-order valence-corrected chi connectivity index (χ2v) is 5.64. The van der Waals surface area contributed by atoms with Crippen molar-refractivity contribution in [2.75, 3.05) is 26.8 Å². The third kappa shape index (κ3) is 4.66. The van der Waals surface area contributed by atoms with Crippen molar-refractivity contribution in [3.63, 3.8) is 0 Å². The Hall–Kier alpha value is -1.17. The lowest BCUT2D eigenvalue weighted by Gasteiger charge is -2.32. The summed E-state index contributed by atoms with van der Waals surface area (Å²) in [6.07, 6.45) is 1.73. The van der Waals surface area contributed by atoms with Crippen molar-refractivity contribution in [2.24, 2.45) is 0 Å². The van der Waals surface area contributed by atoms with Crippen molar-refractivity contribution < 1.29 is 13.9 Å². The van der Waals surface area contributed by atoms with E-state index in [2.05, 4.69) is 5.32 Å². The van der Waals surface area contributed by atoms with Crippen LogP contribution in [-0.2, 0) is 16.1 Å². The zero-order chi connectivity index (χ0) is 15.2. The third-order valence-electron chi connectivity index (χ3n) is 3.71. The average Bonchev–Trinajstić information content (AvgIpc) is 2.47. The number of nitrogens with zero attached hydrogens (tertiary/aromatic N) is 1. The number of carbonyl (C=O) groups excluding carboxylic acids is 1. The normalized spacial score (nSPS) is 16.2. The molecule has 1 aromatic carbocycles. The molecule has 4 nitrogen and oxygen atoms in total. The van der Waals surface area contributed by atoms with Crippen molar-refractivity contribution in [1.82, 2.24) is 10.2 Å². The van der Waals surface area contributed by atoms with E-state index < -0.39 is 0 Å². The minimum atomic E-state index is -0.289. The summed E-state index contributed by atoms with van der Waals surface area (Å²) < 4.78 is 18.5. The number of likely N-dealkylation sites (tertiary alicyclic amines) is 1. The van der Waals surface area contributed by atoms with Gasteiger partial charge < -0.3 is 15.0 Å². The summed E-state index contributed by atoms with van der Waals surface area (Å²) in [5, 5.41) is 3.74. The predicted octanol–water partition coefficient (Wildman–Crippen LogP) is 2.21. The zero-order valence-corrected chi connectivity index (χ0v) is 12.8. The molecule has 0 spiro atoms. The standard InChI is InChI=1S/C15H20ClFN2O2/c1-21-10-15(20)19-6-4-13(5-7-19)18-9-11-2-3-12(16)8-14(11)17/h2-3,8,13,18H,4-7,9-10H2,1H3. The zero-order valence-electron chi connectivity index (χ0n) is 12.1. The molecule has 0 atom stereocenters. The van der Waals surface area contributed by atoms with Gasteiger partial charge in [0.25, 0.3) is 0 Å². The van der Waals surface area contributed by atoms with E-state index >= 15 is 0 Å². The molecule has 116 valence electrons. The molecule has 1 aliphatic rings. The van der Waals surface area contributed by atoms with Crippen LogP contribution in [0.4, 0.5) is 4.39 Å². The highest BCUT2D eigenvalue weighted by Gasteiger charge is 2.22. The SMILES string of the molecule is COCC(=O)N1CCC(NCc2ccc(Cl)cc2F)CC1. The highest BCUT2D eigenvalue weighted by Crippen LogP contribution is 2.16.